The number of nitrogens with zero attached hydrogens (tertiary/aromatic N) is 3. The second kappa shape index (κ2) is 5.51. The fourth-order valence-electron chi connectivity index (χ4n) is 3.42. The first-order valence-electron chi connectivity index (χ1n) is 8.24. The Balaban J connectivity index is 1.80. The topological polar surface area (TPSA) is 85.1 Å². The van der Waals surface area contributed by atoms with Gasteiger partial charge in [-0.15, -0.1) is 0 Å². The van der Waals surface area contributed by atoms with Crippen LogP contribution in [0.1, 0.15) is 42.2 Å². The van der Waals surface area contributed by atoms with Gasteiger partial charge >= 0.3 is 5.97 Å². The molecule has 0 spiro atoms. The molecule has 0 amide bonds. The van der Waals surface area contributed by atoms with Crippen LogP contribution in [0.2, 0.25) is 0 Å². The Bertz CT molecular complexity index is 975. The molecule has 0 bridgehead atoms. The van der Waals surface area contributed by atoms with E-state index in [9.17, 15) is 14.7 Å². The highest BCUT2D eigenvalue weighted by Gasteiger charge is 2.62. The van der Waals surface area contributed by atoms with E-state index in [4.69, 9.17) is 0 Å². The van der Waals surface area contributed by atoms with E-state index in [0.29, 0.717) is 29.9 Å². The number of fused-ring (bicyclic) bond motifs is 3. The molecule has 1 aliphatic carbocycles. The van der Waals surface area contributed by atoms with Crippen LogP contribution in [0, 0.1) is 5.41 Å². The van der Waals surface area contributed by atoms with Crippen LogP contribution in [0.5, 0.6) is 0 Å². The third-order valence-electron chi connectivity index (χ3n) is 4.93. The van der Waals surface area contributed by atoms with Crippen molar-refractivity contribution < 1.29 is 9.90 Å². The van der Waals surface area contributed by atoms with Gasteiger partial charge in [0.2, 0.25) is 0 Å². The Kier molecular flexibility index (Phi) is 3.42. The van der Waals surface area contributed by atoms with Crippen molar-refractivity contribution in [1.82, 2.24) is 14.5 Å². The fraction of sp³-hybridized carbons (Fsp3) is 0.263. The number of carbonyl (C=O) groups is 1. The molecule has 2 aromatic heterocycles. The molecule has 2 aromatic rings. The third-order valence-corrected chi connectivity index (χ3v) is 4.93. The monoisotopic (exact) mass is 335 g/mol. The summed E-state index contributed by atoms with van der Waals surface area (Å²) in [6.07, 6.45) is 9.61. The van der Waals surface area contributed by atoms with Gasteiger partial charge in [0.1, 0.15) is 11.2 Å². The molecule has 126 valence electrons. The lowest BCUT2D eigenvalue weighted by molar-refractivity contribution is -0.141. The van der Waals surface area contributed by atoms with Crippen molar-refractivity contribution in [2.24, 2.45) is 5.41 Å². The Morgan fingerprint density at radius 1 is 1.44 bits per heavy atom. The zero-order valence-corrected chi connectivity index (χ0v) is 13.7. The van der Waals surface area contributed by atoms with Gasteiger partial charge in [-0.3, -0.25) is 19.1 Å². The Hall–Kier alpha value is -3.02. The summed E-state index contributed by atoms with van der Waals surface area (Å²) in [7, 11) is 0. The molecule has 6 nitrogen and oxygen atoms in total. The fourth-order valence-corrected chi connectivity index (χ4v) is 3.42. The molecule has 25 heavy (non-hydrogen) atoms. The van der Waals surface area contributed by atoms with E-state index < -0.39 is 11.4 Å². The normalized spacial score (nSPS) is 23.3. The van der Waals surface area contributed by atoms with E-state index in [0.717, 1.165) is 5.69 Å². The van der Waals surface area contributed by atoms with Crippen LogP contribution >= 0.6 is 0 Å². The number of rotatable bonds is 4. The molecule has 0 aromatic carbocycles. The average molecular weight is 335 g/mol. The van der Waals surface area contributed by atoms with E-state index in [1.807, 2.05) is 31.2 Å². The molecular formula is C19H17N3O3. The van der Waals surface area contributed by atoms with Crippen molar-refractivity contribution >= 4 is 24.2 Å². The number of pyridine rings is 1. The minimum absolute atomic E-state index is 0.148. The first-order chi connectivity index (χ1) is 12.1. The van der Waals surface area contributed by atoms with E-state index in [2.05, 4.69) is 9.97 Å². The molecule has 0 saturated heterocycles. The quantitative estimate of drug-likeness (QED) is 0.927. The van der Waals surface area contributed by atoms with Crippen LogP contribution in [-0.4, -0.2) is 25.6 Å². The standard InChI is InChI=1S/C19H17N3O3/c1-2-13-14(7-6-12-5-3-4-10-20-12)21-16-8-9-19(18(24)25)11-15(19)22(16)17(13)23/h3-10,15H,2,11H2,1H3,(H,24,25)/b7-6+. The lowest BCUT2D eigenvalue weighted by Gasteiger charge is -2.19. The molecule has 0 radical (unpaired) electrons. The summed E-state index contributed by atoms with van der Waals surface area (Å²) < 4.78 is 1.55. The lowest BCUT2D eigenvalue weighted by Crippen LogP contribution is -2.32. The number of aliphatic carboxylic acids is 1. The minimum atomic E-state index is -0.936. The molecule has 3 heterocycles. The molecule has 6 heteroatoms. The molecule has 1 aliphatic heterocycles. The van der Waals surface area contributed by atoms with Gasteiger partial charge in [0.25, 0.3) is 5.56 Å². The van der Waals surface area contributed by atoms with Crippen LogP contribution in [-0.2, 0) is 11.2 Å². The molecule has 2 aliphatic rings. The van der Waals surface area contributed by atoms with Gasteiger partial charge in [-0.25, -0.2) is 4.98 Å². The van der Waals surface area contributed by atoms with Crippen molar-refractivity contribution in [2.75, 3.05) is 0 Å². The molecule has 4 rings (SSSR count). The summed E-state index contributed by atoms with van der Waals surface area (Å²) in [6, 6.07) is 5.28. The van der Waals surface area contributed by atoms with Gasteiger partial charge in [-0.1, -0.05) is 19.1 Å². The number of carboxylic acids is 1. The summed E-state index contributed by atoms with van der Waals surface area (Å²) in [5.41, 5.74) is 0.905. The summed E-state index contributed by atoms with van der Waals surface area (Å²) in [6.45, 7) is 1.90. The van der Waals surface area contributed by atoms with Crippen LogP contribution in [0.3, 0.4) is 0 Å². The predicted octanol–water partition coefficient (Wildman–Crippen LogP) is 2.41. The average Bonchev–Trinajstić information content (AvgIpc) is 3.37. The Morgan fingerprint density at radius 3 is 2.96 bits per heavy atom. The summed E-state index contributed by atoms with van der Waals surface area (Å²) >= 11 is 0. The molecule has 1 saturated carbocycles. The van der Waals surface area contributed by atoms with Crippen molar-refractivity contribution in [3.8, 4) is 0 Å². The van der Waals surface area contributed by atoms with Crippen molar-refractivity contribution in [1.29, 1.82) is 0 Å². The lowest BCUT2D eigenvalue weighted by atomic mass is 10.0. The van der Waals surface area contributed by atoms with Crippen LogP contribution in [0.25, 0.3) is 18.2 Å². The van der Waals surface area contributed by atoms with E-state index in [1.54, 1.807) is 29.0 Å². The van der Waals surface area contributed by atoms with Gasteiger partial charge < -0.3 is 5.11 Å². The zero-order valence-electron chi connectivity index (χ0n) is 13.7. The Morgan fingerprint density at radius 2 is 2.28 bits per heavy atom. The number of hydrogen-bond acceptors (Lipinski definition) is 4. The number of aromatic nitrogens is 3. The van der Waals surface area contributed by atoms with Gasteiger partial charge in [0, 0.05) is 11.8 Å². The maximum Gasteiger partial charge on any atom is 0.315 e. The number of carboxylic acid groups (broad SMARTS) is 1. The molecule has 1 fully saturated rings. The van der Waals surface area contributed by atoms with Crippen LogP contribution in [0.4, 0.5) is 0 Å². The molecule has 2 atom stereocenters. The maximum atomic E-state index is 12.9. The van der Waals surface area contributed by atoms with Crippen molar-refractivity contribution in [2.45, 2.75) is 25.8 Å². The zero-order chi connectivity index (χ0) is 17.6. The second-order valence-electron chi connectivity index (χ2n) is 6.35. The first-order valence-corrected chi connectivity index (χ1v) is 8.24. The predicted molar refractivity (Wildman–Crippen MR) is 93.8 cm³/mol. The second-order valence-corrected chi connectivity index (χ2v) is 6.35. The van der Waals surface area contributed by atoms with E-state index >= 15 is 0 Å². The van der Waals surface area contributed by atoms with Crippen molar-refractivity contribution in [3.05, 3.63) is 63.6 Å². The molecule has 1 N–H and O–H groups in total. The highest BCUT2D eigenvalue weighted by molar-refractivity contribution is 5.84. The number of hydrogen-bond donors (Lipinski definition) is 1. The van der Waals surface area contributed by atoms with E-state index in [-0.39, 0.29) is 11.6 Å². The maximum absolute atomic E-state index is 12.9. The summed E-state index contributed by atoms with van der Waals surface area (Å²) in [5.74, 6) is -0.370. The van der Waals surface area contributed by atoms with Crippen LogP contribution < -0.4 is 5.56 Å². The molecule has 2 unspecified atom stereocenters. The van der Waals surface area contributed by atoms with Crippen molar-refractivity contribution in [3.63, 3.8) is 0 Å². The Labute approximate surface area is 144 Å². The SMILES string of the molecule is CCc1c(/C=C/c2ccccn2)nc2n(c1=O)C1CC1(C(=O)O)C=C2. The smallest absolute Gasteiger partial charge is 0.315 e. The summed E-state index contributed by atoms with van der Waals surface area (Å²) in [4.78, 5) is 33.3. The van der Waals surface area contributed by atoms with Gasteiger partial charge in [-0.05, 0) is 43.2 Å². The van der Waals surface area contributed by atoms with Gasteiger partial charge in [-0.2, -0.15) is 0 Å². The van der Waals surface area contributed by atoms with E-state index in [1.165, 1.54) is 0 Å². The van der Waals surface area contributed by atoms with Gasteiger partial charge in [0.15, 0.2) is 0 Å². The highest BCUT2D eigenvalue weighted by Crippen LogP contribution is 2.59. The summed E-state index contributed by atoms with van der Waals surface area (Å²) in [5, 5.41) is 9.44. The highest BCUT2D eigenvalue weighted by atomic mass is 16.4. The largest absolute Gasteiger partial charge is 0.481 e. The van der Waals surface area contributed by atoms with Crippen LogP contribution in [0.15, 0.2) is 35.3 Å². The van der Waals surface area contributed by atoms with Gasteiger partial charge in [0.05, 0.1) is 17.4 Å². The first kappa shape index (κ1) is 15.5. The molecular weight excluding hydrogens is 318 g/mol. The minimum Gasteiger partial charge on any atom is -0.481 e. The third kappa shape index (κ3) is 2.33.